The lowest BCUT2D eigenvalue weighted by Crippen LogP contribution is -2.23. The summed E-state index contributed by atoms with van der Waals surface area (Å²) in [6.45, 7) is 0.882. The number of aliphatic hydroxyl groups excluding tert-OH is 1. The molecule has 2 rings (SSSR count). The molecule has 0 aliphatic rings. The van der Waals surface area contributed by atoms with E-state index in [0.29, 0.717) is 30.1 Å². The lowest BCUT2D eigenvalue weighted by Gasteiger charge is -2.12. The van der Waals surface area contributed by atoms with Crippen LogP contribution in [0, 0.1) is 11.6 Å². The fraction of sp³-hybridized carbons (Fsp3) is 0.250. The van der Waals surface area contributed by atoms with Crippen molar-refractivity contribution >= 4 is 11.6 Å². The van der Waals surface area contributed by atoms with E-state index in [0.717, 1.165) is 11.6 Å². The average molecular weight is 312 g/mol. The molecule has 0 aliphatic heterocycles. The summed E-state index contributed by atoms with van der Waals surface area (Å²) in [7, 11) is 0. The summed E-state index contributed by atoms with van der Waals surface area (Å²) in [6.07, 6.45) is -0.159. The predicted octanol–water partition coefficient (Wildman–Crippen LogP) is 3.48. The third-order valence-corrected chi connectivity index (χ3v) is 3.36. The van der Waals surface area contributed by atoms with Gasteiger partial charge in [-0.3, -0.25) is 0 Å². The minimum Gasteiger partial charge on any atom is -0.387 e. The highest BCUT2D eigenvalue weighted by molar-refractivity contribution is 6.30. The second-order valence-corrected chi connectivity index (χ2v) is 5.24. The molecule has 0 aliphatic carbocycles. The fourth-order valence-corrected chi connectivity index (χ4v) is 2.16. The number of hydrogen-bond acceptors (Lipinski definition) is 2. The van der Waals surface area contributed by atoms with Gasteiger partial charge in [-0.05, 0) is 48.4 Å². The van der Waals surface area contributed by atoms with Gasteiger partial charge in [0.05, 0.1) is 6.10 Å². The van der Waals surface area contributed by atoms with Gasteiger partial charge < -0.3 is 10.4 Å². The van der Waals surface area contributed by atoms with Crippen LogP contribution in [0.2, 0.25) is 5.02 Å². The molecule has 1 unspecified atom stereocenters. The molecular formula is C16H16ClF2NO. The molecule has 0 saturated heterocycles. The highest BCUT2D eigenvalue weighted by Crippen LogP contribution is 2.15. The summed E-state index contributed by atoms with van der Waals surface area (Å²) in [6, 6.07) is 10.4. The van der Waals surface area contributed by atoms with E-state index in [9.17, 15) is 13.9 Å². The van der Waals surface area contributed by atoms with Gasteiger partial charge in [0.1, 0.15) is 11.6 Å². The Hall–Kier alpha value is -1.49. The third kappa shape index (κ3) is 5.08. The number of nitrogens with one attached hydrogen (secondary N) is 1. The standard InChI is InChI=1S/C16H16ClF2NO/c17-13-3-1-12(2-4-13)16(21)10-20-6-5-11-7-14(18)9-15(19)8-11/h1-4,7-9,16,20-21H,5-6,10H2. The second kappa shape index (κ2) is 7.50. The first-order chi connectivity index (χ1) is 10.0. The minimum atomic E-state index is -0.647. The maximum absolute atomic E-state index is 13.0. The summed E-state index contributed by atoms with van der Waals surface area (Å²) in [4.78, 5) is 0. The molecule has 1 atom stereocenters. The van der Waals surface area contributed by atoms with E-state index >= 15 is 0 Å². The highest BCUT2D eigenvalue weighted by atomic mass is 35.5. The summed E-state index contributed by atoms with van der Waals surface area (Å²) < 4.78 is 26.0. The Morgan fingerprint density at radius 1 is 1.05 bits per heavy atom. The average Bonchev–Trinajstić information content (AvgIpc) is 2.43. The molecule has 0 amide bonds. The van der Waals surface area contributed by atoms with E-state index in [2.05, 4.69) is 5.32 Å². The summed E-state index contributed by atoms with van der Waals surface area (Å²) in [5.41, 5.74) is 1.35. The Labute approximate surface area is 127 Å². The van der Waals surface area contributed by atoms with Crippen LogP contribution in [0.5, 0.6) is 0 Å². The maximum Gasteiger partial charge on any atom is 0.126 e. The molecule has 2 aromatic rings. The van der Waals surface area contributed by atoms with Crippen LogP contribution < -0.4 is 5.32 Å². The lowest BCUT2D eigenvalue weighted by atomic mass is 10.1. The van der Waals surface area contributed by atoms with Gasteiger partial charge in [0.2, 0.25) is 0 Å². The quantitative estimate of drug-likeness (QED) is 0.801. The molecule has 0 fully saturated rings. The summed E-state index contributed by atoms with van der Waals surface area (Å²) >= 11 is 5.78. The zero-order valence-corrected chi connectivity index (χ0v) is 12.1. The Balaban J connectivity index is 1.77. The number of hydrogen-bond donors (Lipinski definition) is 2. The van der Waals surface area contributed by atoms with Gasteiger partial charge in [-0.25, -0.2) is 8.78 Å². The maximum atomic E-state index is 13.0. The molecule has 2 N–H and O–H groups in total. The third-order valence-electron chi connectivity index (χ3n) is 3.11. The Bertz CT molecular complexity index is 569. The van der Waals surface area contributed by atoms with Gasteiger partial charge in [0.15, 0.2) is 0 Å². The van der Waals surface area contributed by atoms with Crippen LogP contribution in [-0.4, -0.2) is 18.2 Å². The van der Waals surface area contributed by atoms with Gasteiger partial charge in [0.25, 0.3) is 0 Å². The van der Waals surface area contributed by atoms with Crippen molar-refractivity contribution in [2.24, 2.45) is 0 Å². The van der Waals surface area contributed by atoms with Crippen molar-refractivity contribution in [3.05, 3.63) is 70.2 Å². The van der Waals surface area contributed by atoms with Gasteiger partial charge in [-0.15, -0.1) is 0 Å². The molecule has 5 heteroatoms. The van der Waals surface area contributed by atoms with E-state index < -0.39 is 17.7 Å². The van der Waals surface area contributed by atoms with Crippen LogP contribution >= 0.6 is 11.6 Å². The SMILES string of the molecule is OC(CNCCc1cc(F)cc(F)c1)c1ccc(Cl)cc1. The van der Waals surface area contributed by atoms with Gasteiger partial charge in [0, 0.05) is 17.6 Å². The molecule has 2 nitrogen and oxygen atoms in total. The van der Waals surface area contributed by atoms with Crippen molar-refractivity contribution in [2.75, 3.05) is 13.1 Å². The van der Waals surface area contributed by atoms with Gasteiger partial charge in [-0.2, -0.15) is 0 Å². The predicted molar refractivity (Wildman–Crippen MR) is 79.3 cm³/mol. The molecule has 0 heterocycles. The van der Waals surface area contributed by atoms with E-state index in [-0.39, 0.29) is 0 Å². The molecule has 0 bridgehead atoms. The largest absolute Gasteiger partial charge is 0.387 e. The topological polar surface area (TPSA) is 32.3 Å². The van der Waals surface area contributed by atoms with E-state index in [1.165, 1.54) is 12.1 Å². The first kappa shape index (κ1) is 15.9. The van der Waals surface area contributed by atoms with Crippen LogP contribution in [0.4, 0.5) is 8.78 Å². The second-order valence-electron chi connectivity index (χ2n) is 4.80. The van der Waals surface area contributed by atoms with Crippen LogP contribution in [0.15, 0.2) is 42.5 Å². The lowest BCUT2D eigenvalue weighted by molar-refractivity contribution is 0.175. The zero-order chi connectivity index (χ0) is 15.2. The fourth-order valence-electron chi connectivity index (χ4n) is 2.03. The van der Waals surface area contributed by atoms with E-state index in [4.69, 9.17) is 11.6 Å². The van der Waals surface area contributed by atoms with Crippen LogP contribution in [0.1, 0.15) is 17.2 Å². The molecule has 0 spiro atoms. The molecule has 2 aromatic carbocycles. The number of halogens is 3. The normalized spacial score (nSPS) is 12.4. The highest BCUT2D eigenvalue weighted by Gasteiger charge is 2.07. The van der Waals surface area contributed by atoms with Crippen molar-refractivity contribution in [1.29, 1.82) is 0 Å². The molecule has 0 radical (unpaired) electrons. The van der Waals surface area contributed by atoms with Crippen molar-refractivity contribution in [3.63, 3.8) is 0 Å². The molecule has 112 valence electrons. The monoisotopic (exact) mass is 311 g/mol. The van der Waals surface area contributed by atoms with Gasteiger partial charge in [-0.1, -0.05) is 23.7 Å². The molecule has 0 aromatic heterocycles. The van der Waals surface area contributed by atoms with Crippen molar-refractivity contribution in [2.45, 2.75) is 12.5 Å². The van der Waals surface area contributed by atoms with Crippen LogP contribution in [0.3, 0.4) is 0 Å². The van der Waals surface area contributed by atoms with Gasteiger partial charge >= 0.3 is 0 Å². The minimum absolute atomic E-state index is 0.361. The van der Waals surface area contributed by atoms with Crippen molar-refractivity contribution < 1.29 is 13.9 Å². The number of rotatable bonds is 6. The molecule has 21 heavy (non-hydrogen) atoms. The first-order valence-electron chi connectivity index (χ1n) is 6.64. The zero-order valence-electron chi connectivity index (χ0n) is 11.3. The summed E-state index contributed by atoms with van der Waals surface area (Å²) in [5.74, 6) is -1.16. The Morgan fingerprint density at radius 3 is 2.29 bits per heavy atom. The van der Waals surface area contributed by atoms with Crippen LogP contribution in [0.25, 0.3) is 0 Å². The Kier molecular flexibility index (Phi) is 5.67. The van der Waals surface area contributed by atoms with Crippen molar-refractivity contribution in [1.82, 2.24) is 5.32 Å². The molecule has 0 saturated carbocycles. The van der Waals surface area contributed by atoms with E-state index in [1.54, 1.807) is 24.3 Å². The number of benzene rings is 2. The van der Waals surface area contributed by atoms with E-state index in [1.807, 2.05) is 0 Å². The summed E-state index contributed by atoms with van der Waals surface area (Å²) in [5, 5.41) is 13.6. The first-order valence-corrected chi connectivity index (χ1v) is 7.01. The van der Waals surface area contributed by atoms with Crippen molar-refractivity contribution in [3.8, 4) is 0 Å². The van der Waals surface area contributed by atoms with Crippen LogP contribution in [-0.2, 0) is 6.42 Å². The molecular weight excluding hydrogens is 296 g/mol. The smallest absolute Gasteiger partial charge is 0.126 e. The number of aliphatic hydroxyl groups is 1. The Morgan fingerprint density at radius 2 is 1.67 bits per heavy atom.